The van der Waals surface area contributed by atoms with Gasteiger partial charge in [0.2, 0.25) is 11.8 Å². The highest BCUT2D eigenvalue weighted by atomic mass is 35.5. The minimum absolute atomic E-state index is 0.0290. The van der Waals surface area contributed by atoms with E-state index in [1.165, 1.54) is 0 Å². The third-order valence-electron chi connectivity index (χ3n) is 4.41. The zero-order chi connectivity index (χ0) is 18.5. The van der Waals surface area contributed by atoms with Crippen molar-refractivity contribution in [3.8, 4) is 0 Å². The van der Waals surface area contributed by atoms with E-state index in [2.05, 4.69) is 5.32 Å². The first-order valence-electron chi connectivity index (χ1n) is 8.63. The van der Waals surface area contributed by atoms with Crippen LogP contribution in [0.5, 0.6) is 0 Å². The number of anilines is 1. The molecule has 0 saturated carbocycles. The van der Waals surface area contributed by atoms with E-state index in [0.29, 0.717) is 35.9 Å². The summed E-state index contributed by atoms with van der Waals surface area (Å²) in [4.78, 5) is 25.8. The van der Waals surface area contributed by atoms with Crippen molar-refractivity contribution in [3.63, 3.8) is 0 Å². The molecule has 2 amide bonds. The highest BCUT2D eigenvalue weighted by molar-refractivity contribution is 6.42. The zero-order valence-electron chi connectivity index (χ0n) is 14.3. The van der Waals surface area contributed by atoms with Gasteiger partial charge in [0.15, 0.2) is 0 Å². The minimum atomic E-state index is -0.0290. The summed E-state index contributed by atoms with van der Waals surface area (Å²) in [7, 11) is 0. The van der Waals surface area contributed by atoms with Crippen LogP contribution < -0.4 is 10.2 Å². The van der Waals surface area contributed by atoms with Gasteiger partial charge >= 0.3 is 0 Å². The SMILES string of the molecule is O=C(CCc1ccc(Cl)c(Cl)c1)NCc1cccc(N2CCCC2=O)c1. The van der Waals surface area contributed by atoms with Crippen molar-refractivity contribution >= 4 is 40.7 Å². The minimum Gasteiger partial charge on any atom is -0.352 e. The van der Waals surface area contributed by atoms with Crippen molar-refractivity contribution < 1.29 is 9.59 Å². The Labute approximate surface area is 163 Å². The molecule has 0 bridgehead atoms. The van der Waals surface area contributed by atoms with E-state index >= 15 is 0 Å². The van der Waals surface area contributed by atoms with Crippen molar-refractivity contribution in [2.45, 2.75) is 32.2 Å². The van der Waals surface area contributed by atoms with Gasteiger partial charge in [0, 0.05) is 31.6 Å². The Morgan fingerprint density at radius 1 is 1.08 bits per heavy atom. The van der Waals surface area contributed by atoms with Crippen LogP contribution in [0.2, 0.25) is 10.0 Å². The molecule has 1 aliphatic heterocycles. The predicted molar refractivity (Wildman–Crippen MR) is 105 cm³/mol. The molecule has 1 N–H and O–H groups in total. The molecule has 26 heavy (non-hydrogen) atoms. The summed E-state index contributed by atoms with van der Waals surface area (Å²) in [6.07, 6.45) is 2.48. The van der Waals surface area contributed by atoms with Gasteiger partial charge in [0.1, 0.15) is 0 Å². The van der Waals surface area contributed by atoms with Gasteiger partial charge in [-0.05, 0) is 48.2 Å². The summed E-state index contributed by atoms with van der Waals surface area (Å²) < 4.78 is 0. The molecule has 1 fully saturated rings. The van der Waals surface area contributed by atoms with Crippen molar-refractivity contribution in [2.75, 3.05) is 11.4 Å². The number of rotatable bonds is 6. The maximum atomic E-state index is 12.1. The summed E-state index contributed by atoms with van der Waals surface area (Å²) in [5, 5.41) is 3.93. The number of nitrogens with one attached hydrogen (secondary N) is 1. The second-order valence-corrected chi connectivity index (χ2v) is 7.16. The van der Waals surface area contributed by atoms with E-state index in [0.717, 1.165) is 29.8 Å². The lowest BCUT2D eigenvalue weighted by molar-refractivity contribution is -0.121. The van der Waals surface area contributed by atoms with Crippen LogP contribution in [-0.4, -0.2) is 18.4 Å². The average molecular weight is 391 g/mol. The number of nitrogens with zero attached hydrogens (tertiary/aromatic N) is 1. The predicted octanol–water partition coefficient (Wildman–Crippen LogP) is 4.37. The Kier molecular flexibility index (Phi) is 6.17. The Hall–Kier alpha value is -2.04. The third-order valence-corrected chi connectivity index (χ3v) is 5.15. The van der Waals surface area contributed by atoms with Crippen LogP contribution >= 0.6 is 23.2 Å². The first kappa shape index (κ1) is 18.7. The van der Waals surface area contributed by atoms with Crippen LogP contribution in [0.1, 0.15) is 30.4 Å². The monoisotopic (exact) mass is 390 g/mol. The molecule has 0 spiro atoms. The smallest absolute Gasteiger partial charge is 0.227 e. The van der Waals surface area contributed by atoms with Gasteiger partial charge in [-0.1, -0.05) is 41.4 Å². The topological polar surface area (TPSA) is 49.4 Å². The number of carbonyl (C=O) groups excluding carboxylic acids is 2. The van der Waals surface area contributed by atoms with Gasteiger partial charge in [0.25, 0.3) is 0 Å². The van der Waals surface area contributed by atoms with Crippen LogP contribution in [-0.2, 0) is 22.6 Å². The third kappa shape index (κ3) is 4.77. The molecule has 1 aliphatic rings. The Bertz CT molecular complexity index is 823. The summed E-state index contributed by atoms with van der Waals surface area (Å²) in [6.45, 7) is 1.20. The number of hydrogen-bond donors (Lipinski definition) is 1. The van der Waals surface area contributed by atoms with Crippen molar-refractivity contribution in [1.29, 1.82) is 0 Å². The molecule has 2 aromatic carbocycles. The molecule has 0 aromatic heterocycles. The van der Waals surface area contributed by atoms with Gasteiger partial charge in [-0.2, -0.15) is 0 Å². The molecule has 4 nitrogen and oxygen atoms in total. The quantitative estimate of drug-likeness (QED) is 0.795. The van der Waals surface area contributed by atoms with E-state index in [1.54, 1.807) is 17.0 Å². The number of amides is 2. The fraction of sp³-hybridized carbons (Fsp3) is 0.300. The molecule has 2 aromatic rings. The largest absolute Gasteiger partial charge is 0.352 e. The van der Waals surface area contributed by atoms with Crippen LogP contribution in [0.4, 0.5) is 5.69 Å². The molecule has 0 radical (unpaired) electrons. The van der Waals surface area contributed by atoms with Crippen LogP contribution in [0, 0.1) is 0 Å². The summed E-state index contributed by atoms with van der Waals surface area (Å²) in [6, 6.07) is 13.1. The lowest BCUT2D eigenvalue weighted by Crippen LogP contribution is -2.25. The Morgan fingerprint density at radius 2 is 1.92 bits per heavy atom. The summed E-state index contributed by atoms with van der Waals surface area (Å²) in [5.74, 6) is 0.131. The highest BCUT2D eigenvalue weighted by Gasteiger charge is 2.21. The molecule has 3 rings (SSSR count). The van der Waals surface area contributed by atoms with Crippen molar-refractivity contribution in [2.24, 2.45) is 0 Å². The Balaban J connectivity index is 1.51. The molecule has 0 unspecified atom stereocenters. The van der Waals surface area contributed by atoms with E-state index < -0.39 is 0 Å². The number of hydrogen-bond acceptors (Lipinski definition) is 2. The number of aryl methyl sites for hydroxylation is 1. The lowest BCUT2D eigenvalue weighted by Gasteiger charge is -2.16. The maximum absolute atomic E-state index is 12.1. The van der Waals surface area contributed by atoms with Crippen molar-refractivity contribution in [3.05, 3.63) is 63.6 Å². The molecule has 0 atom stereocenters. The van der Waals surface area contributed by atoms with Gasteiger partial charge in [-0.15, -0.1) is 0 Å². The standard InChI is InChI=1S/C20H20Cl2N2O2/c21-17-8-6-14(12-18(17)22)7-9-19(25)23-13-15-3-1-4-16(11-15)24-10-2-5-20(24)26/h1,3-4,6,8,11-12H,2,5,7,9-10,13H2,(H,23,25). The van der Waals surface area contributed by atoms with E-state index in [4.69, 9.17) is 23.2 Å². The normalized spacial score (nSPS) is 13.9. The fourth-order valence-corrected chi connectivity index (χ4v) is 3.32. The number of benzene rings is 2. The first-order valence-corrected chi connectivity index (χ1v) is 9.38. The molecular weight excluding hydrogens is 371 g/mol. The van der Waals surface area contributed by atoms with Crippen LogP contribution in [0.3, 0.4) is 0 Å². The fourth-order valence-electron chi connectivity index (χ4n) is 3.00. The average Bonchev–Trinajstić information content (AvgIpc) is 3.07. The molecule has 1 heterocycles. The van der Waals surface area contributed by atoms with E-state index in [1.807, 2.05) is 30.3 Å². The second kappa shape index (κ2) is 8.56. The number of halogens is 2. The molecule has 136 valence electrons. The molecule has 0 aliphatic carbocycles. The Morgan fingerprint density at radius 3 is 2.65 bits per heavy atom. The zero-order valence-corrected chi connectivity index (χ0v) is 15.8. The second-order valence-electron chi connectivity index (χ2n) is 6.34. The van der Waals surface area contributed by atoms with E-state index in [-0.39, 0.29) is 11.8 Å². The molecule has 1 saturated heterocycles. The molecule has 6 heteroatoms. The van der Waals surface area contributed by atoms with Gasteiger partial charge in [-0.25, -0.2) is 0 Å². The summed E-state index contributed by atoms with van der Waals surface area (Å²) in [5.41, 5.74) is 2.85. The first-order chi connectivity index (χ1) is 12.5. The lowest BCUT2D eigenvalue weighted by atomic mass is 10.1. The van der Waals surface area contributed by atoms with E-state index in [9.17, 15) is 9.59 Å². The van der Waals surface area contributed by atoms with Crippen molar-refractivity contribution in [1.82, 2.24) is 5.32 Å². The molecular formula is C20H20Cl2N2O2. The number of carbonyl (C=O) groups is 2. The summed E-state index contributed by atoms with van der Waals surface area (Å²) >= 11 is 11.9. The van der Waals surface area contributed by atoms with Crippen LogP contribution in [0.15, 0.2) is 42.5 Å². The van der Waals surface area contributed by atoms with Crippen LogP contribution in [0.25, 0.3) is 0 Å². The van der Waals surface area contributed by atoms with Gasteiger partial charge in [-0.3, -0.25) is 9.59 Å². The van der Waals surface area contributed by atoms with Gasteiger partial charge < -0.3 is 10.2 Å². The maximum Gasteiger partial charge on any atom is 0.227 e. The van der Waals surface area contributed by atoms with Gasteiger partial charge in [0.05, 0.1) is 10.0 Å². The highest BCUT2D eigenvalue weighted by Crippen LogP contribution is 2.23.